The molecule has 0 aromatic carbocycles. The molecule has 2 amide bonds. The SMILES string of the molecule is CC1(CC(F)(F)F)CN(C(=O)NC2CCC(CN)C2)C1. The number of amides is 2. The van der Waals surface area contributed by atoms with Gasteiger partial charge in [0.25, 0.3) is 0 Å². The zero-order chi connectivity index (χ0) is 15.0. The van der Waals surface area contributed by atoms with Crippen molar-refractivity contribution in [1.82, 2.24) is 10.2 Å². The minimum absolute atomic E-state index is 0.116. The van der Waals surface area contributed by atoms with Crippen LogP contribution in [0.25, 0.3) is 0 Å². The summed E-state index contributed by atoms with van der Waals surface area (Å²) in [5, 5.41) is 2.90. The number of hydrogen-bond donors (Lipinski definition) is 2. The minimum Gasteiger partial charge on any atom is -0.335 e. The number of nitrogens with two attached hydrogens (primary N) is 1. The van der Waals surface area contributed by atoms with Gasteiger partial charge >= 0.3 is 12.2 Å². The van der Waals surface area contributed by atoms with Gasteiger partial charge in [-0.2, -0.15) is 13.2 Å². The molecule has 2 unspecified atom stereocenters. The Balaban J connectivity index is 1.74. The molecule has 116 valence electrons. The van der Waals surface area contributed by atoms with Crippen LogP contribution >= 0.6 is 0 Å². The Kier molecular flexibility index (Phi) is 4.18. The highest BCUT2D eigenvalue weighted by Gasteiger charge is 2.48. The van der Waals surface area contributed by atoms with E-state index in [0.717, 1.165) is 19.3 Å². The van der Waals surface area contributed by atoms with Crippen LogP contribution in [0.15, 0.2) is 0 Å². The number of nitrogens with one attached hydrogen (secondary N) is 1. The van der Waals surface area contributed by atoms with Crippen LogP contribution in [-0.4, -0.2) is 42.8 Å². The van der Waals surface area contributed by atoms with E-state index >= 15 is 0 Å². The molecule has 20 heavy (non-hydrogen) atoms. The molecule has 7 heteroatoms. The van der Waals surface area contributed by atoms with E-state index in [0.29, 0.717) is 12.5 Å². The van der Waals surface area contributed by atoms with Gasteiger partial charge in [0, 0.05) is 24.5 Å². The van der Waals surface area contributed by atoms with E-state index in [1.807, 2.05) is 0 Å². The smallest absolute Gasteiger partial charge is 0.335 e. The number of urea groups is 1. The first-order valence-corrected chi connectivity index (χ1v) is 7.03. The third-order valence-electron chi connectivity index (χ3n) is 4.26. The highest BCUT2D eigenvalue weighted by Crippen LogP contribution is 2.40. The average molecular weight is 293 g/mol. The number of nitrogens with zero attached hydrogens (tertiary/aromatic N) is 1. The van der Waals surface area contributed by atoms with Gasteiger partial charge in [-0.3, -0.25) is 0 Å². The zero-order valence-corrected chi connectivity index (χ0v) is 11.7. The fourth-order valence-electron chi connectivity index (χ4n) is 3.30. The Bertz CT molecular complexity index is 366. The van der Waals surface area contributed by atoms with Crippen molar-refractivity contribution in [3.05, 3.63) is 0 Å². The van der Waals surface area contributed by atoms with Crippen molar-refractivity contribution in [2.75, 3.05) is 19.6 Å². The molecule has 3 N–H and O–H groups in total. The molecule has 2 fully saturated rings. The van der Waals surface area contributed by atoms with Gasteiger partial charge in [-0.1, -0.05) is 6.92 Å². The highest BCUT2D eigenvalue weighted by atomic mass is 19.4. The first kappa shape index (κ1) is 15.4. The molecule has 1 saturated carbocycles. The molecule has 1 aliphatic carbocycles. The van der Waals surface area contributed by atoms with Crippen molar-refractivity contribution in [3.63, 3.8) is 0 Å². The Labute approximate surface area is 116 Å². The maximum absolute atomic E-state index is 12.4. The summed E-state index contributed by atoms with van der Waals surface area (Å²) in [6.45, 7) is 2.54. The largest absolute Gasteiger partial charge is 0.389 e. The molecular formula is C13H22F3N3O. The van der Waals surface area contributed by atoms with E-state index in [4.69, 9.17) is 5.73 Å². The third-order valence-corrected chi connectivity index (χ3v) is 4.26. The highest BCUT2D eigenvalue weighted by molar-refractivity contribution is 5.75. The van der Waals surface area contributed by atoms with Gasteiger partial charge in [0.05, 0.1) is 6.42 Å². The van der Waals surface area contributed by atoms with Crippen molar-refractivity contribution in [3.8, 4) is 0 Å². The summed E-state index contributed by atoms with van der Waals surface area (Å²) < 4.78 is 37.1. The molecule has 1 aliphatic heterocycles. The standard InChI is InChI=1S/C13H22F3N3O/c1-12(6-13(14,15)16)7-19(8-12)11(20)18-10-3-2-9(4-10)5-17/h9-10H,2-8,17H2,1H3,(H,18,20). The maximum atomic E-state index is 12.4. The van der Waals surface area contributed by atoms with Crippen LogP contribution in [-0.2, 0) is 0 Å². The lowest BCUT2D eigenvalue weighted by molar-refractivity contribution is -0.172. The van der Waals surface area contributed by atoms with Crippen LogP contribution in [0.3, 0.4) is 0 Å². The summed E-state index contributed by atoms with van der Waals surface area (Å²) in [5.74, 6) is 0.451. The predicted octanol–water partition coefficient (Wildman–Crippen LogP) is 2.10. The molecule has 2 atom stereocenters. The Morgan fingerprint density at radius 1 is 1.40 bits per heavy atom. The van der Waals surface area contributed by atoms with Crippen molar-refractivity contribution in [2.24, 2.45) is 17.1 Å². The summed E-state index contributed by atoms with van der Waals surface area (Å²) in [5.41, 5.74) is 4.76. The first-order chi connectivity index (χ1) is 9.21. The van der Waals surface area contributed by atoms with E-state index < -0.39 is 18.0 Å². The molecular weight excluding hydrogens is 271 g/mol. The lowest BCUT2D eigenvalue weighted by Gasteiger charge is -2.48. The van der Waals surface area contributed by atoms with E-state index in [2.05, 4.69) is 5.32 Å². The number of alkyl halides is 3. The Hall–Kier alpha value is -0.980. The molecule has 1 heterocycles. The predicted molar refractivity (Wildman–Crippen MR) is 69.1 cm³/mol. The van der Waals surface area contributed by atoms with E-state index in [9.17, 15) is 18.0 Å². The molecule has 2 aliphatic rings. The second-order valence-electron chi connectivity index (χ2n) is 6.52. The van der Waals surface area contributed by atoms with Gasteiger partial charge in [-0.25, -0.2) is 4.79 Å². The van der Waals surface area contributed by atoms with Crippen LogP contribution in [0.5, 0.6) is 0 Å². The second kappa shape index (κ2) is 5.42. The average Bonchev–Trinajstić information content (AvgIpc) is 2.71. The van der Waals surface area contributed by atoms with Gasteiger partial charge in [0.15, 0.2) is 0 Å². The van der Waals surface area contributed by atoms with Gasteiger partial charge in [-0.05, 0) is 31.7 Å². The van der Waals surface area contributed by atoms with Crippen LogP contribution in [0, 0.1) is 11.3 Å². The van der Waals surface area contributed by atoms with Gasteiger partial charge in [-0.15, -0.1) is 0 Å². The summed E-state index contributed by atoms with van der Waals surface area (Å²) in [6, 6.07) is -0.127. The molecule has 1 saturated heterocycles. The number of carbonyl (C=O) groups excluding carboxylic acids is 1. The first-order valence-electron chi connectivity index (χ1n) is 7.03. The quantitative estimate of drug-likeness (QED) is 0.837. The third kappa shape index (κ3) is 3.77. The number of halogens is 3. The summed E-state index contributed by atoms with van der Waals surface area (Å²) in [7, 11) is 0. The number of rotatable bonds is 3. The minimum atomic E-state index is -4.17. The Morgan fingerprint density at radius 3 is 2.55 bits per heavy atom. The van der Waals surface area contributed by atoms with Crippen LogP contribution in [0.1, 0.15) is 32.6 Å². The number of hydrogen-bond acceptors (Lipinski definition) is 2. The van der Waals surface area contributed by atoms with Gasteiger partial charge in [0.1, 0.15) is 0 Å². The Morgan fingerprint density at radius 2 is 2.05 bits per heavy atom. The topological polar surface area (TPSA) is 58.4 Å². The fraction of sp³-hybridized carbons (Fsp3) is 0.923. The maximum Gasteiger partial charge on any atom is 0.389 e. The lowest BCUT2D eigenvalue weighted by atomic mass is 9.79. The molecule has 0 aromatic heterocycles. The number of likely N-dealkylation sites (tertiary alicyclic amines) is 1. The van der Waals surface area contributed by atoms with Crippen molar-refractivity contribution >= 4 is 6.03 Å². The van der Waals surface area contributed by atoms with Crippen LogP contribution < -0.4 is 11.1 Å². The fourth-order valence-corrected chi connectivity index (χ4v) is 3.30. The summed E-state index contributed by atoms with van der Waals surface area (Å²) >= 11 is 0. The summed E-state index contributed by atoms with van der Waals surface area (Å²) in [6.07, 6.45) is -2.22. The van der Waals surface area contributed by atoms with Crippen molar-refractivity contribution in [2.45, 2.75) is 44.8 Å². The monoisotopic (exact) mass is 293 g/mol. The molecule has 0 spiro atoms. The molecule has 2 rings (SSSR count). The molecule has 0 aromatic rings. The zero-order valence-electron chi connectivity index (χ0n) is 11.7. The van der Waals surface area contributed by atoms with Crippen molar-refractivity contribution < 1.29 is 18.0 Å². The van der Waals surface area contributed by atoms with Crippen LogP contribution in [0.4, 0.5) is 18.0 Å². The van der Waals surface area contributed by atoms with E-state index in [1.165, 1.54) is 4.90 Å². The summed E-state index contributed by atoms with van der Waals surface area (Å²) in [4.78, 5) is 13.4. The number of carbonyl (C=O) groups is 1. The van der Waals surface area contributed by atoms with Crippen LogP contribution in [0.2, 0.25) is 0 Å². The van der Waals surface area contributed by atoms with E-state index in [-0.39, 0.29) is 25.2 Å². The molecule has 0 radical (unpaired) electrons. The van der Waals surface area contributed by atoms with Gasteiger partial charge in [0.2, 0.25) is 0 Å². The molecule has 4 nitrogen and oxygen atoms in total. The lowest BCUT2D eigenvalue weighted by Crippen LogP contribution is -2.61. The normalized spacial score (nSPS) is 29.1. The van der Waals surface area contributed by atoms with Gasteiger partial charge < -0.3 is 16.0 Å². The van der Waals surface area contributed by atoms with E-state index in [1.54, 1.807) is 6.92 Å². The molecule has 0 bridgehead atoms. The van der Waals surface area contributed by atoms with Crippen molar-refractivity contribution in [1.29, 1.82) is 0 Å². The second-order valence-corrected chi connectivity index (χ2v) is 6.52.